The zero-order chi connectivity index (χ0) is 13.4. The van der Waals surface area contributed by atoms with Gasteiger partial charge in [0.2, 0.25) is 0 Å². The second kappa shape index (κ2) is 7.03. The summed E-state index contributed by atoms with van der Waals surface area (Å²) in [6, 6.07) is 4.44. The van der Waals surface area contributed by atoms with E-state index in [2.05, 4.69) is 15.3 Å². The maximum atomic E-state index is 11.7. The van der Waals surface area contributed by atoms with E-state index < -0.39 is 0 Å². The summed E-state index contributed by atoms with van der Waals surface area (Å²) in [4.78, 5) is 14.3. The number of methoxy groups -OCH3 is 1. The van der Waals surface area contributed by atoms with Crippen molar-refractivity contribution in [3.63, 3.8) is 0 Å². The molecule has 0 aliphatic rings. The van der Waals surface area contributed by atoms with Crippen molar-refractivity contribution in [3.8, 4) is 11.5 Å². The molecule has 0 spiro atoms. The molecule has 0 fully saturated rings. The summed E-state index contributed by atoms with van der Waals surface area (Å²) in [7, 11) is 1.48. The molecule has 0 bridgehead atoms. The first kappa shape index (κ1) is 13.7. The molecule has 1 rings (SSSR count). The fourth-order valence-corrected chi connectivity index (χ4v) is 1.32. The van der Waals surface area contributed by atoms with Gasteiger partial charge in [-0.3, -0.25) is 4.79 Å². The first-order valence-corrected chi connectivity index (χ1v) is 5.35. The second-order valence-corrected chi connectivity index (χ2v) is 3.45. The van der Waals surface area contributed by atoms with E-state index in [0.29, 0.717) is 25.3 Å². The number of phenolic OH excluding ortho intramolecular Hbond substituents is 1. The third-order valence-electron chi connectivity index (χ3n) is 2.23. The van der Waals surface area contributed by atoms with E-state index in [0.717, 1.165) is 0 Å². The first-order valence-electron chi connectivity index (χ1n) is 5.35. The standard InChI is InChI=1S/C11H14N4O3/c1-18-8-3-4-9(10(16)7-8)11(17)13-5-2-6-14-15-12/h3-4,7,16H,2,5-6H2,1H3,(H,13,17). The van der Waals surface area contributed by atoms with Crippen molar-refractivity contribution in [2.75, 3.05) is 20.2 Å². The van der Waals surface area contributed by atoms with E-state index >= 15 is 0 Å². The molecule has 0 saturated carbocycles. The van der Waals surface area contributed by atoms with Crippen LogP contribution in [0.2, 0.25) is 0 Å². The lowest BCUT2D eigenvalue weighted by Crippen LogP contribution is -2.24. The molecule has 96 valence electrons. The van der Waals surface area contributed by atoms with Crippen molar-refractivity contribution in [2.24, 2.45) is 5.11 Å². The van der Waals surface area contributed by atoms with Gasteiger partial charge in [0.05, 0.1) is 12.7 Å². The third-order valence-corrected chi connectivity index (χ3v) is 2.23. The Hall–Kier alpha value is -2.40. The summed E-state index contributed by atoms with van der Waals surface area (Å²) in [5.74, 6) is -0.0367. The minimum Gasteiger partial charge on any atom is -0.507 e. The van der Waals surface area contributed by atoms with Crippen molar-refractivity contribution >= 4 is 5.91 Å². The highest BCUT2D eigenvalue weighted by atomic mass is 16.5. The largest absolute Gasteiger partial charge is 0.507 e. The Labute approximate surface area is 104 Å². The van der Waals surface area contributed by atoms with Crippen molar-refractivity contribution < 1.29 is 14.6 Å². The highest BCUT2D eigenvalue weighted by molar-refractivity contribution is 5.96. The van der Waals surface area contributed by atoms with Crippen LogP contribution >= 0.6 is 0 Å². The van der Waals surface area contributed by atoms with Gasteiger partial charge in [-0.1, -0.05) is 5.11 Å². The topological polar surface area (TPSA) is 107 Å². The van der Waals surface area contributed by atoms with E-state index in [1.807, 2.05) is 0 Å². The molecule has 0 saturated heterocycles. The predicted octanol–water partition coefficient (Wildman–Crippen LogP) is 1.83. The van der Waals surface area contributed by atoms with Gasteiger partial charge in [0.25, 0.3) is 5.91 Å². The maximum absolute atomic E-state index is 11.7. The van der Waals surface area contributed by atoms with Gasteiger partial charge in [-0.2, -0.15) is 0 Å². The normalized spacial score (nSPS) is 9.39. The molecule has 7 heteroatoms. The molecule has 7 nitrogen and oxygen atoms in total. The quantitative estimate of drug-likeness (QED) is 0.348. The average molecular weight is 250 g/mol. The van der Waals surface area contributed by atoms with Crippen LogP contribution < -0.4 is 10.1 Å². The SMILES string of the molecule is COc1ccc(C(=O)NCCCN=[N+]=[N-])c(O)c1. The molecule has 1 amide bonds. The van der Waals surface area contributed by atoms with E-state index in [9.17, 15) is 9.90 Å². The first-order chi connectivity index (χ1) is 8.69. The number of rotatable bonds is 6. The van der Waals surface area contributed by atoms with Crippen molar-refractivity contribution in [1.82, 2.24) is 5.32 Å². The van der Waals surface area contributed by atoms with Crippen LogP contribution in [0.1, 0.15) is 16.8 Å². The van der Waals surface area contributed by atoms with Gasteiger partial charge in [0.1, 0.15) is 11.5 Å². The molecule has 1 aromatic carbocycles. The highest BCUT2D eigenvalue weighted by Gasteiger charge is 2.10. The van der Waals surface area contributed by atoms with Crippen LogP contribution in [0.4, 0.5) is 0 Å². The molecule has 1 aromatic rings. The molecule has 0 unspecified atom stereocenters. The fraction of sp³-hybridized carbons (Fsp3) is 0.364. The van der Waals surface area contributed by atoms with Gasteiger partial charge < -0.3 is 15.2 Å². The average Bonchev–Trinajstić information content (AvgIpc) is 2.38. The second-order valence-electron chi connectivity index (χ2n) is 3.45. The van der Waals surface area contributed by atoms with Crippen LogP contribution in [0.15, 0.2) is 23.3 Å². The van der Waals surface area contributed by atoms with Crippen LogP contribution in [-0.4, -0.2) is 31.2 Å². The molecule has 18 heavy (non-hydrogen) atoms. The molecule has 0 radical (unpaired) electrons. The van der Waals surface area contributed by atoms with Crippen molar-refractivity contribution in [3.05, 3.63) is 34.2 Å². The number of hydrogen-bond donors (Lipinski definition) is 2. The van der Waals surface area contributed by atoms with Gasteiger partial charge in [-0.25, -0.2) is 0 Å². The monoisotopic (exact) mass is 250 g/mol. The third kappa shape index (κ3) is 3.88. The van der Waals surface area contributed by atoms with Crippen LogP contribution in [0.25, 0.3) is 10.4 Å². The lowest BCUT2D eigenvalue weighted by atomic mass is 10.2. The van der Waals surface area contributed by atoms with Crippen LogP contribution in [0, 0.1) is 0 Å². The molecule has 0 heterocycles. The Morgan fingerprint density at radius 2 is 2.39 bits per heavy atom. The molecule has 0 aliphatic carbocycles. The number of benzene rings is 1. The Balaban J connectivity index is 2.53. The number of amides is 1. The van der Waals surface area contributed by atoms with Gasteiger partial charge in [0, 0.05) is 24.1 Å². The summed E-state index contributed by atoms with van der Waals surface area (Å²) < 4.78 is 4.92. The van der Waals surface area contributed by atoms with E-state index in [1.165, 1.54) is 19.2 Å². The lowest BCUT2D eigenvalue weighted by molar-refractivity contribution is 0.0951. The summed E-state index contributed by atoms with van der Waals surface area (Å²) in [5, 5.41) is 15.6. The molecule has 0 aliphatic heterocycles. The van der Waals surface area contributed by atoms with Gasteiger partial charge >= 0.3 is 0 Å². The predicted molar refractivity (Wildman–Crippen MR) is 65.6 cm³/mol. The number of aromatic hydroxyl groups is 1. The minimum atomic E-state index is -0.379. The smallest absolute Gasteiger partial charge is 0.255 e. The highest BCUT2D eigenvalue weighted by Crippen LogP contribution is 2.23. The molecule has 0 aromatic heterocycles. The van der Waals surface area contributed by atoms with E-state index in [4.69, 9.17) is 10.3 Å². The summed E-state index contributed by atoms with van der Waals surface area (Å²) in [6.07, 6.45) is 0.548. The molecule has 2 N–H and O–H groups in total. The maximum Gasteiger partial charge on any atom is 0.255 e. The van der Waals surface area contributed by atoms with Crippen molar-refractivity contribution in [2.45, 2.75) is 6.42 Å². The van der Waals surface area contributed by atoms with Crippen LogP contribution in [0.5, 0.6) is 11.5 Å². The summed E-state index contributed by atoms with van der Waals surface area (Å²) in [6.45, 7) is 0.703. The number of azide groups is 1. The summed E-state index contributed by atoms with van der Waals surface area (Å²) >= 11 is 0. The van der Waals surface area contributed by atoms with E-state index in [1.54, 1.807) is 6.07 Å². The number of nitrogens with zero attached hydrogens (tertiary/aromatic N) is 3. The number of ether oxygens (including phenoxy) is 1. The van der Waals surface area contributed by atoms with Gasteiger partial charge in [-0.05, 0) is 24.1 Å². The number of nitrogens with one attached hydrogen (secondary N) is 1. The molecular weight excluding hydrogens is 236 g/mol. The zero-order valence-corrected chi connectivity index (χ0v) is 9.96. The van der Waals surface area contributed by atoms with Crippen LogP contribution in [0.3, 0.4) is 0 Å². The molecular formula is C11H14N4O3. The van der Waals surface area contributed by atoms with Gasteiger partial charge in [-0.15, -0.1) is 0 Å². The summed E-state index contributed by atoms with van der Waals surface area (Å²) in [5.41, 5.74) is 8.24. The Kier molecular flexibility index (Phi) is 5.34. The molecule has 0 atom stereocenters. The Bertz CT molecular complexity index is 469. The number of hydrogen-bond acceptors (Lipinski definition) is 4. The lowest BCUT2D eigenvalue weighted by Gasteiger charge is -2.07. The zero-order valence-electron chi connectivity index (χ0n) is 9.96. The fourth-order valence-electron chi connectivity index (χ4n) is 1.32. The number of phenols is 1. The van der Waals surface area contributed by atoms with E-state index in [-0.39, 0.29) is 17.2 Å². The minimum absolute atomic E-state index is 0.137. The van der Waals surface area contributed by atoms with Crippen LogP contribution in [-0.2, 0) is 0 Å². The van der Waals surface area contributed by atoms with Gasteiger partial charge in [0.15, 0.2) is 0 Å². The number of carbonyl (C=O) groups excluding carboxylic acids is 1. The van der Waals surface area contributed by atoms with Crippen molar-refractivity contribution in [1.29, 1.82) is 0 Å². The Morgan fingerprint density at radius 3 is 3.00 bits per heavy atom. The Morgan fingerprint density at radius 1 is 1.61 bits per heavy atom. The number of carbonyl (C=O) groups is 1.